The summed E-state index contributed by atoms with van der Waals surface area (Å²) >= 11 is 0. The molecule has 2 heterocycles. The SMILES string of the molecule is Cc1cnc(CNC2CCCc3occc32)o1. The number of nitrogens with zero attached hydrogens (tertiary/aromatic N) is 1. The molecule has 1 aliphatic carbocycles. The summed E-state index contributed by atoms with van der Waals surface area (Å²) < 4.78 is 10.9. The molecule has 0 aliphatic heterocycles. The lowest BCUT2D eigenvalue weighted by atomic mass is 9.93. The molecule has 2 aromatic heterocycles. The third-order valence-electron chi connectivity index (χ3n) is 3.22. The second kappa shape index (κ2) is 4.37. The number of furan rings is 1. The minimum absolute atomic E-state index is 0.365. The lowest BCUT2D eigenvalue weighted by molar-refractivity contribution is 0.382. The van der Waals surface area contributed by atoms with Gasteiger partial charge in [0.15, 0.2) is 0 Å². The van der Waals surface area contributed by atoms with Crippen molar-refractivity contribution in [1.82, 2.24) is 10.3 Å². The largest absolute Gasteiger partial charge is 0.469 e. The Bertz CT molecular complexity index is 501. The van der Waals surface area contributed by atoms with E-state index in [2.05, 4.69) is 16.4 Å². The van der Waals surface area contributed by atoms with Crippen LogP contribution in [-0.2, 0) is 13.0 Å². The molecule has 0 radical (unpaired) electrons. The summed E-state index contributed by atoms with van der Waals surface area (Å²) in [4.78, 5) is 4.19. The fraction of sp³-hybridized carbons (Fsp3) is 0.462. The van der Waals surface area contributed by atoms with Crippen molar-refractivity contribution in [3.63, 3.8) is 0 Å². The lowest BCUT2D eigenvalue weighted by Gasteiger charge is -2.22. The second-order valence-corrected chi connectivity index (χ2v) is 4.49. The molecule has 0 aromatic carbocycles. The first-order chi connectivity index (χ1) is 8.33. The first-order valence-corrected chi connectivity index (χ1v) is 6.04. The predicted molar refractivity (Wildman–Crippen MR) is 62.5 cm³/mol. The number of hydrogen-bond acceptors (Lipinski definition) is 4. The molecule has 0 saturated heterocycles. The summed E-state index contributed by atoms with van der Waals surface area (Å²) in [6.45, 7) is 2.58. The highest BCUT2D eigenvalue weighted by Crippen LogP contribution is 2.30. The Hall–Kier alpha value is -1.55. The monoisotopic (exact) mass is 232 g/mol. The van der Waals surface area contributed by atoms with Crippen molar-refractivity contribution < 1.29 is 8.83 Å². The molecule has 1 unspecified atom stereocenters. The standard InChI is InChI=1S/C13H16N2O2/c1-9-7-15-13(17-9)8-14-11-3-2-4-12-10(11)5-6-16-12/h5-7,11,14H,2-4,8H2,1H3. The number of nitrogens with one attached hydrogen (secondary N) is 1. The first kappa shape index (κ1) is 10.6. The van der Waals surface area contributed by atoms with Crippen LogP contribution in [0.2, 0.25) is 0 Å². The van der Waals surface area contributed by atoms with E-state index in [1.807, 2.05) is 6.92 Å². The molecule has 17 heavy (non-hydrogen) atoms. The molecule has 2 aromatic rings. The summed E-state index contributed by atoms with van der Waals surface area (Å²) in [5.41, 5.74) is 1.29. The van der Waals surface area contributed by atoms with Crippen molar-refractivity contribution in [3.05, 3.63) is 41.5 Å². The minimum atomic E-state index is 0.365. The van der Waals surface area contributed by atoms with Gasteiger partial charge in [-0.3, -0.25) is 0 Å². The molecule has 1 aliphatic rings. The number of aryl methyl sites for hydroxylation is 2. The molecule has 0 spiro atoms. The molecule has 1 atom stereocenters. The van der Waals surface area contributed by atoms with Crippen LogP contribution in [0.25, 0.3) is 0 Å². The summed E-state index contributed by atoms with van der Waals surface area (Å²) in [5.74, 6) is 2.73. The van der Waals surface area contributed by atoms with E-state index in [0.29, 0.717) is 12.6 Å². The Morgan fingerprint density at radius 3 is 3.29 bits per heavy atom. The van der Waals surface area contributed by atoms with Crippen molar-refractivity contribution in [2.75, 3.05) is 0 Å². The third-order valence-corrected chi connectivity index (χ3v) is 3.22. The highest BCUT2D eigenvalue weighted by Gasteiger charge is 2.22. The number of hydrogen-bond donors (Lipinski definition) is 1. The van der Waals surface area contributed by atoms with Crippen LogP contribution in [0.1, 0.15) is 41.9 Å². The topological polar surface area (TPSA) is 51.2 Å². The Kier molecular flexibility index (Phi) is 2.73. The summed E-state index contributed by atoms with van der Waals surface area (Å²) in [7, 11) is 0. The maximum Gasteiger partial charge on any atom is 0.208 e. The average Bonchev–Trinajstić information content (AvgIpc) is 2.94. The molecule has 4 heteroatoms. The van der Waals surface area contributed by atoms with Crippen LogP contribution in [0.5, 0.6) is 0 Å². The quantitative estimate of drug-likeness (QED) is 0.884. The van der Waals surface area contributed by atoms with Gasteiger partial charge >= 0.3 is 0 Å². The number of fused-ring (bicyclic) bond motifs is 1. The van der Waals surface area contributed by atoms with Crippen molar-refractivity contribution in [2.45, 2.75) is 38.8 Å². The van der Waals surface area contributed by atoms with Crippen LogP contribution < -0.4 is 5.32 Å². The van der Waals surface area contributed by atoms with Crippen LogP contribution in [-0.4, -0.2) is 4.98 Å². The highest BCUT2D eigenvalue weighted by atomic mass is 16.4. The Balaban J connectivity index is 1.67. The fourth-order valence-corrected chi connectivity index (χ4v) is 2.39. The van der Waals surface area contributed by atoms with E-state index >= 15 is 0 Å². The zero-order valence-electron chi connectivity index (χ0n) is 9.90. The molecule has 0 saturated carbocycles. The molecule has 1 N–H and O–H groups in total. The predicted octanol–water partition coefficient (Wildman–Crippen LogP) is 2.74. The third kappa shape index (κ3) is 2.13. The average molecular weight is 232 g/mol. The van der Waals surface area contributed by atoms with Crippen molar-refractivity contribution in [1.29, 1.82) is 0 Å². The summed E-state index contributed by atoms with van der Waals surface area (Å²) in [6.07, 6.45) is 6.90. The molecule has 0 bridgehead atoms. The van der Waals surface area contributed by atoms with Crippen LogP contribution in [0.4, 0.5) is 0 Å². The molecular weight excluding hydrogens is 216 g/mol. The second-order valence-electron chi connectivity index (χ2n) is 4.49. The lowest BCUT2D eigenvalue weighted by Crippen LogP contribution is -2.24. The molecule has 0 amide bonds. The van der Waals surface area contributed by atoms with E-state index in [1.54, 1.807) is 12.5 Å². The number of rotatable bonds is 3. The van der Waals surface area contributed by atoms with Gasteiger partial charge in [0, 0.05) is 18.0 Å². The number of aromatic nitrogens is 1. The van der Waals surface area contributed by atoms with Crippen molar-refractivity contribution in [3.8, 4) is 0 Å². The van der Waals surface area contributed by atoms with E-state index in [9.17, 15) is 0 Å². The van der Waals surface area contributed by atoms with Crippen molar-refractivity contribution >= 4 is 0 Å². The zero-order chi connectivity index (χ0) is 11.7. The molecule has 0 fully saturated rings. The van der Waals surface area contributed by atoms with E-state index in [4.69, 9.17) is 8.83 Å². The van der Waals surface area contributed by atoms with E-state index in [1.165, 1.54) is 12.0 Å². The summed E-state index contributed by atoms with van der Waals surface area (Å²) in [5, 5.41) is 3.48. The van der Waals surface area contributed by atoms with Crippen LogP contribution in [0.15, 0.2) is 27.4 Å². The van der Waals surface area contributed by atoms with Gasteiger partial charge < -0.3 is 14.2 Å². The summed E-state index contributed by atoms with van der Waals surface area (Å²) in [6, 6.07) is 2.43. The molecule has 90 valence electrons. The van der Waals surface area contributed by atoms with E-state index < -0.39 is 0 Å². The van der Waals surface area contributed by atoms with Crippen molar-refractivity contribution in [2.24, 2.45) is 0 Å². The molecule has 3 rings (SSSR count). The van der Waals surface area contributed by atoms with Gasteiger partial charge in [-0.15, -0.1) is 0 Å². The van der Waals surface area contributed by atoms with Gasteiger partial charge in [0.25, 0.3) is 0 Å². The Morgan fingerprint density at radius 1 is 1.53 bits per heavy atom. The first-order valence-electron chi connectivity index (χ1n) is 6.04. The maximum atomic E-state index is 5.46. The van der Waals surface area contributed by atoms with Crippen LogP contribution in [0.3, 0.4) is 0 Å². The van der Waals surface area contributed by atoms with Gasteiger partial charge in [0.2, 0.25) is 5.89 Å². The normalized spacial score (nSPS) is 19.2. The van der Waals surface area contributed by atoms with Gasteiger partial charge in [0.05, 0.1) is 19.0 Å². The van der Waals surface area contributed by atoms with Gasteiger partial charge in [0.1, 0.15) is 11.5 Å². The minimum Gasteiger partial charge on any atom is -0.469 e. The highest BCUT2D eigenvalue weighted by molar-refractivity contribution is 5.24. The van der Waals surface area contributed by atoms with E-state index in [-0.39, 0.29) is 0 Å². The Labute approximate surface area is 100 Å². The van der Waals surface area contributed by atoms with Crippen LogP contribution in [0, 0.1) is 6.92 Å². The van der Waals surface area contributed by atoms with E-state index in [0.717, 1.165) is 30.3 Å². The molecular formula is C13H16N2O2. The maximum absolute atomic E-state index is 5.46. The van der Waals surface area contributed by atoms with Gasteiger partial charge in [-0.2, -0.15) is 0 Å². The Morgan fingerprint density at radius 2 is 2.47 bits per heavy atom. The molecule has 4 nitrogen and oxygen atoms in total. The number of oxazole rings is 1. The van der Waals surface area contributed by atoms with Gasteiger partial charge in [-0.1, -0.05) is 0 Å². The van der Waals surface area contributed by atoms with Gasteiger partial charge in [-0.25, -0.2) is 4.98 Å². The zero-order valence-corrected chi connectivity index (χ0v) is 9.90. The fourth-order valence-electron chi connectivity index (χ4n) is 2.39. The van der Waals surface area contributed by atoms with Crippen LogP contribution >= 0.6 is 0 Å². The smallest absolute Gasteiger partial charge is 0.208 e. The van der Waals surface area contributed by atoms with Gasteiger partial charge in [-0.05, 0) is 25.8 Å².